The van der Waals surface area contributed by atoms with Gasteiger partial charge in [0.05, 0.1) is 5.77 Å². The Hall–Kier alpha value is -0.120. The second kappa shape index (κ2) is 10.9. The molecule has 0 spiro atoms. The minimum atomic E-state index is 0.665. The van der Waals surface area contributed by atoms with Crippen LogP contribution in [0, 0.1) is 5.77 Å². The van der Waals surface area contributed by atoms with Crippen LogP contribution < -0.4 is 11.5 Å². The average Bonchev–Trinajstić information content (AvgIpc) is 3.59. The van der Waals surface area contributed by atoms with E-state index in [1.807, 2.05) is 56.7 Å². The van der Waals surface area contributed by atoms with Crippen LogP contribution in [0.3, 0.4) is 0 Å². The molecule has 0 atom stereocenters. The van der Waals surface area contributed by atoms with Crippen LogP contribution in [0.1, 0.15) is 11.1 Å². The minimum absolute atomic E-state index is 0.665. The molecule has 4 N–H and O–H groups in total. The predicted molar refractivity (Wildman–Crippen MR) is 169 cm³/mol. The first-order valence-electron chi connectivity index (χ1n) is 10.3. The molecule has 5 aromatic rings. The lowest BCUT2D eigenvalue weighted by Crippen LogP contribution is -2.02. The summed E-state index contributed by atoms with van der Waals surface area (Å²) in [5.74, 6) is 0. The summed E-state index contributed by atoms with van der Waals surface area (Å²) in [5.41, 5.74) is 14.7. The van der Waals surface area contributed by atoms with E-state index in [1.165, 1.54) is 55.9 Å². The normalized spacial score (nSPS) is 11.5. The van der Waals surface area contributed by atoms with E-state index in [4.69, 9.17) is 11.5 Å². The zero-order valence-electron chi connectivity index (χ0n) is 17.4. The first-order valence-corrected chi connectivity index (χ1v) is 16.6. The third-order valence-electron chi connectivity index (χ3n) is 5.13. The van der Waals surface area contributed by atoms with Crippen LogP contribution in [0.5, 0.6) is 0 Å². The molecule has 5 rings (SSSR count). The van der Waals surface area contributed by atoms with Crippen molar-refractivity contribution in [3.63, 3.8) is 0 Å². The van der Waals surface area contributed by atoms with Gasteiger partial charge in [-0.05, 0) is 131 Å². The molecule has 2 nitrogen and oxygen atoms in total. The van der Waals surface area contributed by atoms with E-state index >= 15 is 0 Å². The fourth-order valence-electron chi connectivity index (χ4n) is 3.68. The van der Waals surface area contributed by atoms with Gasteiger partial charge in [0, 0.05) is 39.0 Å². The Morgan fingerprint density at radius 1 is 0.515 bits per heavy atom. The van der Waals surface area contributed by atoms with E-state index < -0.39 is 0 Å². The molecule has 0 unspecified atom stereocenters. The van der Waals surface area contributed by atoms with Crippen LogP contribution in [0.2, 0.25) is 0 Å². The number of hydrogen-bond donors (Lipinski definition) is 2. The van der Waals surface area contributed by atoms with Gasteiger partial charge in [-0.2, -0.15) is 0 Å². The molecule has 5 heterocycles. The Bertz CT molecular complexity index is 1280. The summed E-state index contributed by atoms with van der Waals surface area (Å²) < 4.78 is 2.63. The largest absolute Gasteiger partial charge is 0.330 e. The summed E-state index contributed by atoms with van der Waals surface area (Å²) in [6, 6.07) is 18.1. The lowest BCUT2D eigenvalue weighted by Gasteiger charge is -2.00. The van der Waals surface area contributed by atoms with Gasteiger partial charge < -0.3 is 11.5 Å². The molecule has 0 aliphatic heterocycles. The molecule has 0 radical (unpaired) electrons. The molecule has 0 bridgehead atoms. The summed E-state index contributed by atoms with van der Waals surface area (Å²) in [7, 11) is 0. The smallest absolute Gasteiger partial charge is 0.0660 e. The van der Waals surface area contributed by atoms with Gasteiger partial charge in [-0.1, -0.05) is 0 Å². The molecule has 0 aliphatic rings. The lowest BCUT2D eigenvalue weighted by molar-refractivity contribution is 0.976. The number of hydrogen-bond acceptors (Lipinski definition) is 7. The van der Waals surface area contributed by atoms with Crippen molar-refractivity contribution in [1.82, 2.24) is 0 Å². The summed E-state index contributed by atoms with van der Waals surface area (Å²) in [6.07, 6.45) is 1.81. The van der Waals surface area contributed by atoms with Crippen LogP contribution in [-0.2, 0) is 12.8 Å². The summed E-state index contributed by atoms with van der Waals surface area (Å²) >= 11 is 14.2. The SMILES string of the molecule is NCCc1cc(-c2ccc(I)s2)sc1-c1ccc(-c2sc(-c3ccc(I)s3)cc2CCN)s1. The monoisotopic (exact) mass is 750 g/mol. The fourth-order valence-corrected chi connectivity index (χ4v) is 10.8. The molecule has 9 heteroatoms. The molecule has 0 aliphatic carbocycles. The van der Waals surface area contributed by atoms with Crippen molar-refractivity contribution in [2.24, 2.45) is 11.5 Å². The minimum Gasteiger partial charge on any atom is -0.330 e. The third kappa shape index (κ3) is 5.36. The Kier molecular flexibility index (Phi) is 8.09. The van der Waals surface area contributed by atoms with Gasteiger partial charge >= 0.3 is 0 Å². The highest BCUT2D eigenvalue weighted by molar-refractivity contribution is 14.1. The van der Waals surface area contributed by atoms with Gasteiger partial charge in [0.15, 0.2) is 0 Å². The maximum absolute atomic E-state index is 5.97. The average molecular weight is 751 g/mol. The molecule has 0 saturated heterocycles. The van der Waals surface area contributed by atoms with E-state index in [1.54, 1.807) is 0 Å². The van der Waals surface area contributed by atoms with Crippen molar-refractivity contribution in [1.29, 1.82) is 0 Å². The topological polar surface area (TPSA) is 52.0 Å². The highest BCUT2D eigenvalue weighted by Crippen LogP contribution is 2.47. The maximum atomic E-state index is 5.97. The van der Waals surface area contributed by atoms with E-state index in [2.05, 4.69) is 93.7 Å². The van der Waals surface area contributed by atoms with E-state index in [-0.39, 0.29) is 0 Å². The third-order valence-corrected chi connectivity index (χ3v) is 13.1. The second-order valence-corrected chi connectivity index (χ2v) is 16.5. The van der Waals surface area contributed by atoms with Gasteiger partial charge in [-0.3, -0.25) is 0 Å². The Morgan fingerprint density at radius 2 is 0.939 bits per heavy atom. The zero-order chi connectivity index (χ0) is 22.9. The van der Waals surface area contributed by atoms with E-state index in [0.29, 0.717) is 13.1 Å². The molecular weight excluding hydrogens is 730 g/mol. The van der Waals surface area contributed by atoms with Crippen LogP contribution in [0.4, 0.5) is 0 Å². The van der Waals surface area contributed by atoms with Crippen molar-refractivity contribution in [2.75, 3.05) is 13.1 Å². The van der Waals surface area contributed by atoms with Crippen LogP contribution in [0.15, 0.2) is 48.5 Å². The fraction of sp³-hybridized carbons (Fsp3) is 0.167. The Balaban J connectivity index is 1.53. The van der Waals surface area contributed by atoms with Gasteiger partial charge in [0.1, 0.15) is 0 Å². The van der Waals surface area contributed by atoms with Crippen molar-refractivity contribution >= 4 is 102 Å². The number of thiophene rings is 5. The second-order valence-electron chi connectivity index (χ2n) is 7.38. The molecule has 0 fully saturated rings. The van der Waals surface area contributed by atoms with Crippen LogP contribution in [-0.4, -0.2) is 13.1 Å². The standard InChI is InChI=1S/C24H20I2N2S5/c25-21-5-3-15(30-21)19-11-13(7-9-27)23(32-19)17-1-2-18(29-17)24-14(8-10-28)12-20(33-24)16-4-6-22(26)31-16/h1-6,11-12H,7-10,27-28H2. The molecule has 33 heavy (non-hydrogen) atoms. The maximum Gasteiger partial charge on any atom is 0.0660 e. The quantitative estimate of drug-likeness (QED) is 0.156. The number of rotatable bonds is 8. The lowest BCUT2D eigenvalue weighted by atomic mass is 10.1. The van der Waals surface area contributed by atoms with Crippen molar-refractivity contribution in [3.05, 3.63) is 65.4 Å². The van der Waals surface area contributed by atoms with Crippen LogP contribution >= 0.6 is 102 Å². The van der Waals surface area contributed by atoms with Crippen molar-refractivity contribution in [2.45, 2.75) is 12.8 Å². The zero-order valence-corrected chi connectivity index (χ0v) is 25.8. The van der Waals surface area contributed by atoms with Crippen molar-refractivity contribution < 1.29 is 0 Å². The van der Waals surface area contributed by atoms with Gasteiger partial charge in [-0.15, -0.1) is 56.7 Å². The molecular formula is C24H20I2N2S5. The highest BCUT2D eigenvalue weighted by atomic mass is 127. The van der Waals surface area contributed by atoms with Gasteiger partial charge in [-0.25, -0.2) is 0 Å². The first-order chi connectivity index (χ1) is 16.1. The van der Waals surface area contributed by atoms with E-state index in [9.17, 15) is 0 Å². The summed E-state index contributed by atoms with van der Waals surface area (Å²) in [6.45, 7) is 1.33. The Labute approximate surface area is 241 Å². The van der Waals surface area contributed by atoms with Gasteiger partial charge in [0.25, 0.3) is 0 Å². The molecule has 5 aromatic heterocycles. The Morgan fingerprint density at radius 3 is 1.30 bits per heavy atom. The first kappa shape index (κ1) is 24.6. The molecule has 0 amide bonds. The number of nitrogens with two attached hydrogens (primary N) is 2. The molecule has 0 saturated carbocycles. The van der Waals surface area contributed by atoms with Crippen LogP contribution in [0.25, 0.3) is 39.0 Å². The number of halogens is 2. The van der Waals surface area contributed by atoms with Gasteiger partial charge in [0.2, 0.25) is 0 Å². The molecule has 0 aromatic carbocycles. The van der Waals surface area contributed by atoms with Crippen molar-refractivity contribution in [3.8, 4) is 39.0 Å². The highest BCUT2D eigenvalue weighted by Gasteiger charge is 2.18. The predicted octanol–water partition coefficient (Wildman–Crippen LogP) is 8.87. The summed E-state index contributed by atoms with van der Waals surface area (Å²) in [4.78, 5) is 10.7. The van der Waals surface area contributed by atoms with E-state index in [0.717, 1.165) is 12.8 Å². The molecule has 170 valence electrons. The summed E-state index contributed by atoms with van der Waals surface area (Å²) in [5, 5.41) is 0.